The number of carbonyl (C=O) groups is 2. The molecule has 1 saturated heterocycles. The normalized spacial score (nSPS) is 20.7. The average molecular weight is 382 g/mol. The first kappa shape index (κ1) is 25.6. The lowest BCUT2D eigenvalue weighted by Crippen LogP contribution is -2.53. The third kappa shape index (κ3) is 7.07. The molecule has 1 aliphatic heterocycles. The lowest BCUT2D eigenvalue weighted by molar-refractivity contribution is -0.148. The van der Waals surface area contributed by atoms with E-state index in [-0.39, 0.29) is 18.3 Å². The lowest BCUT2D eigenvalue weighted by atomic mass is 8.76. The molecule has 0 unspecified atom stereocenters. The summed E-state index contributed by atoms with van der Waals surface area (Å²) in [7, 11) is 26.0. The monoisotopic (exact) mass is 383 g/mol. The van der Waals surface area contributed by atoms with Gasteiger partial charge in [-0.25, -0.2) is 0 Å². The fourth-order valence-electron chi connectivity index (χ4n) is 3.09. The molecule has 0 spiro atoms. The second-order valence-corrected chi connectivity index (χ2v) is 6.80. The Labute approximate surface area is 180 Å². The van der Waals surface area contributed by atoms with Crippen LogP contribution in [0.2, 0.25) is 0 Å². The van der Waals surface area contributed by atoms with Crippen molar-refractivity contribution in [3.8, 4) is 0 Å². The minimum absolute atomic E-state index is 0.329. The molecule has 0 bridgehead atoms. The number of esters is 2. The van der Waals surface area contributed by atoms with E-state index in [1.54, 1.807) is 7.05 Å². The van der Waals surface area contributed by atoms with Crippen molar-refractivity contribution >= 4 is 62.7 Å². The number of carbonyl (C=O) groups excluding carboxylic acids is 2. The van der Waals surface area contributed by atoms with Gasteiger partial charge in [-0.2, -0.15) is 0 Å². The van der Waals surface area contributed by atoms with Crippen molar-refractivity contribution < 1.29 is 19.1 Å². The van der Waals surface area contributed by atoms with Gasteiger partial charge < -0.3 is 14.8 Å². The molecular weight excluding hydrogens is 360 g/mol. The smallest absolute Gasteiger partial charge is 0.327 e. The zero-order chi connectivity index (χ0) is 22.0. The standard InChI is InChI=1S/C16H22N2O4.B7/c1-17-16(15(20)22-3)9-13(14(19)21-2)18(11-16)10-12-7-5-4-6-8-12;1-5-7(4)6(2)3/h4-8,13,17H,9-11H2,1-3H3;/t13-,16-;/m0./s1. The van der Waals surface area contributed by atoms with Crippen LogP contribution >= 0.6 is 0 Å². The third-order valence-electron chi connectivity index (χ3n) is 4.88. The zero-order valence-corrected chi connectivity index (χ0v) is 17.2. The number of nitrogens with zero attached hydrogens (tertiary/aromatic N) is 1. The van der Waals surface area contributed by atoms with Gasteiger partial charge in [-0.15, -0.1) is 0 Å². The van der Waals surface area contributed by atoms with Gasteiger partial charge >= 0.3 is 11.9 Å². The minimum atomic E-state index is -0.887. The largest absolute Gasteiger partial charge is 0.468 e. The zero-order valence-electron chi connectivity index (χ0n) is 17.2. The van der Waals surface area contributed by atoms with E-state index in [0.717, 1.165) is 5.56 Å². The molecule has 1 fully saturated rings. The summed E-state index contributed by atoms with van der Waals surface area (Å²) in [5, 5.41) is 3.03. The van der Waals surface area contributed by atoms with Gasteiger partial charge in [0, 0.05) is 70.3 Å². The summed E-state index contributed by atoms with van der Waals surface area (Å²) in [6, 6.07) is 9.35. The van der Waals surface area contributed by atoms with Gasteiger partial charge in [0.1, 0.15) is 11.6 Å². The molecule has 6 nitrogen and oxygen atoms in total. The highest BCUT2D eigenvalue weighted by Gasteiger charge is 2.52. The number of likely N-dealkylation sites (tertiary alicyclic amines) is 1. The molecule has 1 N–H and O–H groups in total. The first-order valence-corrected chi connectivity index (χ1v) is 9.19. The summed E-state index contributed by atoms with van der Waals surface area (Å²) in [5.41, 5.74) is 0.190. The maximum absolute atomic E-state index is 12.2. The van der Waals surface area contributed by atoms with Crippen molar-refractivity contribution in [3.63, 3.8) is 0 Å². The van der Waals surface area contributed by atoms with Crippen molar-refractivity contribution in [2.75, 3.05) is 27.8 Å². The van der Waals surface area contributed by atoms with Gasteiger partial charge in [0.15, 0.2) is 0 Å². The van der Waals surface area contributed by atoms with Gasteiger partial charge in [0.25, 0.3) is 0 Å². The van der Waals surface area contributed by atoms with E-state index in [2.05, 4.69) is 5.32 Å². The molecule has 0 aromatic heterocycles. The Bertz CT molecular complexity index is 655. The minimum Gasteiger partial charge on any atom is -0.468 e. The molecule has 13 heteroatoms. The number of hydrogen-bond acceptors (Lipinski definition) is 6. The fourth-order valence-corrected chi connectivity index (χ4v) is 3.09. The van der Waals surface area contributed by atoms with Crippen LogP contribution in [-0.4, -0.2) is 107 Å². The first-order chi connectivity index (χ1) is 13.7. The highest BCUT2D eigenvalue weighted by atomic mass is 16.5. The molecule has 29 heavy (non-hydrogen) atoms. The molecule has 0 amide bonds. The van der Waals surface area contributed by atoms with Gasteiger partial charge in [-0.3, -0.25) is 14.5 Å². The average Bonchev–Trinajstić information content (AvgIpc) is 3.12. The van der Waals surface area contributed by atoms with Crippen LogP contribution < -0.4 is 5.32 Å². The van der Waals surface area contributed by atoms with Crippen LogP contribution in [0.1, 0.15) is 12.0 Å². The van der Waals surface area contributed by atoms with E-state index >= 15 is 0 Å². The van der Waals surface area contributed by atoms with E-state index in [1.807, 2.05) is 35.2 Å². The van der Waals surface area contributed by atoms with Crippen LogP contribution in [0.25, 0.3) is 0 Å². The Balaban J connectivity index is 0.000000516. The summed E-state index contributed by atoms with van der Waals surface area (Å²) in [4.78, 5) is 26.2. The maximum Gasteiger partial charge on any atom is 0.327 e. The Morgan fingerprint density at radius 2 is 1.86 bits per heavy atom. The number of methoxy groups -OCH3 is 2. The molecular formula is C16H22B7N2O4. The molecule has 1 aliphatic rings. The van der Waals surface area contributed by atoms with Crippen LogP contribution in [0, 0.1) is 0 Å². The van der Waals surface area contributed by atoms with Crippen molar-refractivity contribution in [3.05, 3.63) is 35.9 Å². The van der Waals surface area contributed by atoms with Gasteiger partial charge in [0.05, 0.1) is 14.2 Å². The first-order valence-electron chi connectivity index (χ1n) is 9.19. The van der Waals surface area contributed by atoms with Crippen molar-refractivity contribution in [2.24, 2.45) is 0 Å². The molecule has 1 aromatic carbocycles. The molecule has 9 radical (unpaired) electrons. The highest BCUT2D eigenvalue weighted by molar-refractivity contribution is 7.81. The van der Waals surface area contributed by atoms with E-state index in [1.165, 1.54) is 21.3 Å². The summed E-state index contributed by atoms with van der Waals surface area (Å²) < 4.78 is 9.80. The van der Waals surface area contributed by atoms with Crippen molar-refractivity contribution in [1.82, 2.24) is 10.2 Å². The van der Waals surface area contributed by atoms with Gasteiger partial charge in [0.2, 0.25) is 0 Å². The molecule has 0 saturated carbocycles. The quantitative estimate of drug-likeness (QED) is 0.431. The Hall–Kier alpha value is -1.47. The molecule has 1 aromatic rings. The van der Waals surface area contributed by atoms with Crippen LogP contribution in [0.3, 0.4) is 0 Å². The molecule has 2 rings (SSSR count). The van der Waals surface area contributed by atoms with Crippen LogP contribution in [0.15, 0.2) is 30.3 Å². The van der Waals surface area contributed by atoms with Crippen LogP contribution in [0.5, 0.6) is 0 Å². The van der Waals surface area contributed by atoms with E-state index in [9.17, 15) is 9.59 Å². The number of benzene rings is 1. The third-order valence-corrected chi connectivity index (χ3v) is 4.88. The summed E-state index contributed by atoms with van der Waals surface area (Å²) >= 11 is 0. The summed E-state index contributed by atoms with van der Waals surface area (Å²) in [6.45, 7) is 0.964. The Kier molecular flexibility index (Phi) is 10.8. The van der Waals surface area contributed by atoms with E-state index < -0.39 is 18.0 Å². The summed E-state index contributed by atoms with van der Waals surface area (Å²) in [5.74, 6) is -0.698. The summed E-state index contributed by atoms with van der Waals surface area (Å²) in [6.07, 6.45) is -0.597. The molecule has 1 heterocycles. The molecule has 2 atom stereocenters. The number of rotatable bonds is 7. The molecule has 141 valence electrons. The van der Waals surface area contributed by atoms with E-state index in [4.69, 9.17) is 40.4 Å². The van der Waals surface area contributed by atoms with Crippen molar-refractivity contribution in [2.45, 2.75) is 24.5 Å². The highest BCUT2D eigenvalue weighted by Crippen LogP contribution is 2.30. The predicted octanol–water partition coefficient (Wildman–Crippen LogP) is -2.10. The second-order valence-electron chi connectivity index (χ2n) is 6.80. The Morgan fingerprint density at radius 1 is 1.24 bits per heavy atom. The topological polar surface area (TPSA) is 67.9 Å². The number of likely N-dealkylation sites (N-methyl/N-ethyl adjacent to an activating group) is 1. The lowest BCUT2D eigenvalue weighted by Gasteiger charge is -2.25. The molecule has 0 aliphatic carbocycles. The number of ether oxygens (including phenoxy) is 2. The SMILES string of the molecule is CN[C@@]1(C(=O)OC)C[C@@H](C(=O)OC)N(Cc2ccccc2)C1.[B][B]B([B])B([B])[B]. The van der Waals surface area contributed by atoms with Crippen molar-refractivity contribution in [1.29, 1.82) is 0 Å². The second kappa shape index (κ2) is 12.3. The Morgan fingerprint density at radius 3 is 2.28 bits per heavy atom. The van der Waals surface area contributed by atoms with Gasteiger partial charge in [-0.05, 0) is 12.6 Å². The van der Waals surface area contributed by atoms with Crippen LogP contribution in [-0.2, 0) is 25.6 Å². The number of hydrogen-bond donors (Lipinski definition) is 1. The van der Waals surface area contributed by atoms with Crippen LogP contribution in [0.4, 0.5) is 0 Å². The predicted molar refractivity (Wildman–Crippen MR) is 121 cm³/mol. The van der Waals surface area contributed by atoms with Gasteiger partial charge in [-0.1, -0.05) is 30.3 Å². The maximum atomic E-state index is 12.2. The van der Waals surface area contributed by atoms with E-state index in [0.29, 0.717) is 19.5 Å². The fraction of sp³-hybridized carbons (Fsp3) is 0.500. The number of nitrogens with one attached hydrogen (secondary N) is 1.